The van der Waals surface area contributed by atoms with Crippen molar-refractivity contribution in [3.05, 3.63) is 70.3 Å². The van der Waals surface area contributed by atoms with Crippen LogP contribution in [0, 0.1) is 6.92 Å². The lowest BCUT2D eigenvalue weighted by molar-refractivity contribution is 0.0949. The molecule has 1 N–H and O–H groups in total. The fraction of sp³-hybridized carbons (Fsp3) is 0.150. The maximum Gasteiger partial charge on any atom is 0.254 e. The highest BCUT2D eigenvalue weighted by Gasteiger charge is 2.16. The third-order valence-electron chi connectivity index (χ3n) is 4.42. The van der Waals surface area contributed by atoms with Crippen molar-refractivity contribution in [2.45, 2.75) is 13.5 Å². The van der Waals surface area contributed by atoms with Crippen molar-refractivity contribution in [2.24, 2.45) is 0 Å². The molecule has 136 valence electrons. The van der Waals surface area contributed by atoms with E-state index in [1.54, 1.807) is 35.4 Å². The number of methoxy groups -OCH3 is 1. The first-order valence-electron chi connectivity index (χ1n) is 8.45. The molecule has 0 atom stereocenters. The molecule has 3 aromatic heterocycles. The van der Waals surface area contributed by atoms with Gasteiger partial charge in [-0.2, -0.15) is 5.10 Å². The molecule has 0 radical (unpaired) electrons. The predicted octanol–water partition coefficient (Wildman–Crippen LogP) is 3.70. The van der Waals surface area contributed by atoms with Crippen LogP contribution < -0.4 is 10.1 Å². The molecular formula is C20H18N4O2S. The fourth-order valence-corrected chi connectivity index (χ4v) is 3.56. The number of hydrogen-bond acceptors (Lipinski definition) is 5. The van der Waals surface area contributed by atoms with E-state index < -0.39 is 0 Å². The Hall–Kier alpha value is -3.19. The molecular weight excluding hydrogens is 360 g/mol. The number of nitrogens with zero attached hydrogens (tertiary/aromatic N) is 3. The van der Waals surface area contributed by atoms with E-state index in [1.807, 2.05) is 48.7 Å². The standard InChI is InChI=1S/C20H18N4O2S/c1-13-17(20(25)22-10-16-4-3-9-27-16)11-21-19-18(12-23-24(13)19)14-5-7-15(26-2)8-6-14/h3-9,11-12H,10H2,1-2H3,(H,22,25). The number of thiophene rings is 1. The summed E-state index contributed by atoms with van der Waals surface area (Å²) in [5.74, 6) is 0.640. The molecule has 0 aliphatic heterocycles. The number of fused-ring (bicyclic) bond motifs is 1. The first-order chi connectivity index (χ1) is 13.2. The molecule has 27 heavy (non-hydrogen) atoms. The molecule has 0 aliphatic rings. The van der Waals surface area contributed by atoms with Gasteiger partial charge in [0, 0.05) is 16.6 Å². The Kier molecular flexibility index (Phi) is 4.60. The van der Waals surface area contributed by atoms with Crippen molar-refractivity contribution in [1.29, 1.82) is 0 Å². The third-order valence-corrected chi connectivity index (χ3v) is 5.29. The van der Waals surface area contributed by atoms with E-state index >= 15 is 0 Å². The van der Waals surface area contributed by atoms with Crippen molar-refractivity contribution in [1.82, 2.24) is 19.9 Å². The second kappa shape index (κ2) is 7.20. The predicted molar refractivity (Wildman–Crippen MR) is 105 cm³/mol. The normalized spacial score (nSPS) is 10.9. The van der Waals surface area contributed by atoms with E-state index in [4.69, 9.17) is 4.74 Å². The van der Waals surface area contributed by atoms with E-state index in [1.165, 1.54) is 0 Å². The van der Waals surface area contributed by atoms with Crippen LogP contribution in [0.1, 0.15) is 20.9 Å². The van der Waals surface area contributed by atoms with Crippen LogP contribution in [-0.2, 0) is 6.54 Å². The molecule has 3 heterocycles. The summed E-state index contributed by atoms with van der Waals surface area (Å²) in [4.78, 5) is 18.2. The zero-order chi connectivity index (χ0) is 18.8. The van der Waals surface area contributed by atoms with Gasteiger partial charge in [-0.05, 0) is 36.1 Å². The molecule has 0 saturated heterocycles. The van der Waals surface area contributed by atoms with Crippen molar-refractivity contribution in [3.8, 4) is 16.9 Å². The van der Waals surface area contributed by atoms with E-state index in [2.05, 4.69) is 15.4 Å². The van der Waals surface area contributed by atoms with Gasteiger partial charge in [0.2, 0.25) is 0 Å². The minimum Gasteiger partial charge on any atom is -0.497 e. The molecule has 4 aromatic rings. The smallest absolute Gasteiger partial charge is 0.254 e. The van der Waals surface area contributed by atoms with E-state index in [0.29, 0.717) is 17.8 Å². The summed E-state index contributed by atoms with van der Waals surface area (Å²) >= 11 is 1.61. The van der Waals surface area contributed by atoms with Crippen molar-refractivity contribution < 1.29 is 9.53 Å². The zero-order valence-corrected chi connectivity index (χ0v) is 15.8. The van der Waals surface area contributed by atoms with Crippen LogP contribution in [0.25, 0.3) is 16.8 Å². The molecule has 0 aliphatic carbocycles. The van der Waals surface area contributed by atoms with Gasteiger partial charge in [-0.15, -0.1) is 11.3 Å². The Labute approximate surface area is 160 Å². The Bertz CT molecular complexity index is 1090. The van der Waals surface area contributed by atoms with Crippen LogP contribution in [0.5, 0.6) is 5.75 Å². The molecule has 1 amide bonds. The summed E-state index contributed by atoms with van der Waals surface area (Å²) in [6, 6.07) is 11.7. The van der Waals surface area contributed by atoms with Gasteiger partial charge in [0.15, 0.2) is 5.65 Å². The Morgan fingerprint density at radius 2 is 2.04 bits per heavy atom. The van der Waals surface area contributed by atoms with Crippen molar-refractivity contribution in [3.63, 3.8) is 0 Å². The molecule has 0 spiro atoms. The summed E-state index contributed by atoms with van der Waals surface area (Å²) < 4.78 is 6.91. The number of carbonyl (C=O) groups excluding carboxylic acids is 1. The Morgan fingerprint density at radius 1 is 1.22 bits per heavy atom. The molecule has 0 fully saturated rings. The highest BCUT2D eigenvalue weighted by Crippen LogP contribution is 2.26. The number of aryl methyl sites for hydroxylation is 1. The average Bonchev–Trinajstić information content (AvgIpc) is 3.36. The van der Waals surface area contributed by atoms with Gasteiger partial charge in [-0.25, -0.2) is 9.50 Å². The van der Waals surface area contributed by atoms with Gasteiger partial charge in [-0.1, -0.05) is 18.2 Å². The number of nitrogens with one attached hydrogen (secondary N) is 1. The van der Waals surface area contributed by atoms with Gasteiger partial charge < -0.3 is 10.1 Å². The van der Waals surface area contributed by atoms with Gasteiger partial charge in [-0.3, -0.25) is 4.79 Å². The molecule has 4 rings (SSSR count). The largest absolute Gasteiger partial charge is 0.497 e. The first-order valence-corrected chi connectivity index (χ1v) is 9.33. The summed E-state index contributed by atoms with van der Waals surface area (Å²) in [5, 5.41) is 9.36. The van der Waals surface area contributed by atoms with Crippen molar-refractivity contribution in [2.75, 3.05) is 7.11 Å². The van der Waals surface area contributed by atoms with E-state index in [9.17, 15) is 4.79 Å². The number of benzene rings is 1. The average molecular weight is 378 g/mol. The minimum absolute atomic E-state index is 0.156. The second-order valence-corrected chi connectivity index (χ2v) is 7.07. The highest BCUT2D eigenvalue weighted by molar-refractivity contribution is 7.09. The maximum atomic E-state index is 12.6. The van der Waals surface area contributed by atoms with Gasteiger partial charge in [0.1, 0.15) is 5.75 Å². The number of hydrogen-bond donors (Lipinski definition) is 1. The molecule has 0 unspecified atom stereocenters. The summed E-state index contributed by atoms with van der Waals surface area (Å²) in [6.45, 7) is 2.38. The van der Waals surface area contributed by atoms with Crippen LogP contribution in [0.2, 0.25) is 0 Å². The van der Waals surface area contributed by atoms with Crippen LogP contribution in [0.3, 0.4) is 0 Å². The quantitative estimate of drug-likeness (QED) is 0.575. The number of carbonyl (C=O) groups is 1. The van der Waals surface area contributed by atoms with Gasteiger partial charge in [0.25, 0.3) is 5.91 Å². The summed E-state index contributed by atoms with van der Waals surface area (Å²) in [5.41, 5.74) is 3.89. The van der Waals surface area contributed by atoms with Crippen molar-refractivity contribution >= 4 is 22.9 Å². The van der Waals surface area contributed by atoms with Crippen LogP contribution in [-0.4, -0.2) is 27.6 Å². The zero-order valence-electron chi connectivity index (χ0n) is 15.0. The van der Waals surface area contributed by atoms with Crippen LogP contribution in [0.15, 0.2) is 54.2 Å². The highest BCUT2D eigenvalue weighted by atomic mass is 32.1. The lowest BCUT2D eigenvalue weighted by Gasteiger charge is -2.08. The number of ether oxygens (including phenoxy) is 1. The molecule has 0 saturated carbocycles. The SMILES string of the molecule is COc1ccc(-c2cnn3c(C)c(C(=O)NCc4cccs4)cnc23)cc1. The topological polar surface area (TPSA) is 68.5 Å². The Balaban J connectivity index is 1.63. The van der Waals surface area contributed by atoms with Gasteiger partial charge in [0.05, 0.1) is 31.1 Å². The number of aromatic nitrogens is 3. The molecule has 0 bridgehead atoms. The van der Waals surface area contributed by atoms with Crippen LogP contribution in [0.4, 0.5) is 0 Å². The monoisotopic (exact) mass is 378 g/mol. The van der Waals surface area contributed by atoms with E-state index in [-0.39, 0.29) is 5.91 Å². The molecule has 7 heteroatoms. The third kappa shape index (κ3) is 3.29. The minimum atomic E-state index is -0.156. The summed E-state index contributed by atoms with van der Waals surface area (Å²) in [7, 11) is 1.64. The van der Waals surface area contributed by atoms with E-state index in [0.717, 1.165) is 27.4 Å². The number of rotatable bonds is 5. The first kappa shape index (κ1) is 17.2. The lowest BCUT2D eigenvalue weighted by Crippen LogP contribution is -2.24. The summed E-state index contributed by atoms with van der Waals surface area (Å²) in [6.07, 6.45) is 3.38. The molecule has 1 aromatic carbocycles. The Morgan fingerprint density at radius 3 is 2.74 bits per heavy atom. The van der Waals surface area contributed by atoms with Gasteiger partial charge >= 0.3 is 0 Å². The molecule has 6 nitrogen and oxygen atoms in total. The fourth-order valence-electron chi connectivity index (χ4n) is 2.92. The second-order valence-electron chi connectivity index (χ2n) is 6.04. The van der Waals surface area contributed by atoms with Crippen LogP contribution >= 0.6 is 11.3 Å². The lowest BCUT2D eigenvalue weighted by atomic mass is 10.1. The maximum absolute atomic E-state index is 12.6. The number of amides is 1.